The maximum absolute atomic E-state index is 11.9. The van der Waals surface area contributed by atoms with Crippen LogP contribution in [0.2, 0.25) is 0 Å². The molecule has 1 saturated heterocycles. The number of nitrogens with one attached hydrogen (secondary N) is 2. The molecule has 1 aliphatic carbocycles. The number of aromatic nitrogens is 2. The van der Waals surface area contributed by atoms with Crippen LogP contribution in [-0.2, 0) is 7.05 Å². The van der Waals surface area contributed by atoms with Crippen LogP contribution in [0.25, 0.3) is 0 Å². The molecule has 18 heavy (non-hydrogen) atoms. The monoisotopic (exact) mass is 247 g/mol. The third-order valence-electron chi connectivity index (χ3n) is 3.81. The van der Waals surface area contributed by atoms with Crippen LogP contribution in [0.15, 0.2) is 0 Å². The van der Waals surface area contributed by atoms with Crippen molar-refractivity contribution in [1.29, 1.82) is 5.41 Å². The minimum Gasteiger partial charge on any atom is -0.307 e. The van der Waals surface area contributed by atoms with Gasteiger partial charge in [-0.2, -0.15) is 5.10 Å². The minimum absolute atomic E-state index is 0.143. The second kappa shape index (κ2) is 3.57. The summed E-state index contributed by atoms with van der Waals surface area (Å²) in [5.41, 5.74) is 2.91. The van der Waals surface area contributed by atoms with Crippen molar-refractivity contribution in [2.75, 3.05) is 0 Å². The summed E-state index contributed by atoms with van der Waals surface area (Å²) in [7, 11) is 1.89. The fourth-order valence-corrected chi connectivity index (χ4v) is 2.70. The van der Waals surface area contributed by atoms with Crippen LogP contribution >= 0.6 is 0 Å². The number of aryl methyl sites for hydroxylation is 2. The quantitative estimate of drug-likeness (QED) is 0.825. The summed E-state index contributed by atoms with van der Waals surface area (Å²) in [4.78, 5) is 13.7. The second-order valence-electron chi connectivity index (χ2n) is 5.09. The van der Waals surface area contributed by atoms with Gasteiger partial charge in [0.2, 0.25) is 0 Å². The van der Waals surface area contributed by atoms with E-state index >= 15 is 0 Å². The Kier molecular flexibility index (Phi) is 2.23. The first-order valence-electron chi connectivity index (χ1n) is 6.18. The molecule has 2 N–H and O–H groups in total. The number of carbonyl (C=O) groups is 1. The van der Waals surface area contributed by atoms with Crippen LogP contribution in [-0.4, -0.2) is 32.6 Å². The van der Waals surface area contributed by atoms with E-state index in [0.29, 0.717) is 0 Å². The number of nitrogens with zero attached hydrogens (tertiary/aromatic N) is 3. The molecule has 6 nitrogen and oxygen atoms in total. The largest absolute Gasteiger partial charge is 0.323 e. The molecule has 2 heterocycles. The van der Waals surface area contributed by atoms with Crippen LogP contribution in [0.3, 0.4) is 0 Å². The molecule has 1 atom stereocenters. The van der Waals surface area contributed by atoms with Crippen molar-refractivity contribution in [3.63, 3.8) is 0 Å². The number of hydrogen-bond donors (Lipinski definition) is 2. The summed E-state index contributed by atoms with van der Waals surface area (Å²) < 4.78 is 1.81. The van der Waals surface area contributed by atoms with Crippen LogP contribution < -0.4 is 5.32 Å². The first-order valence-corrected chi connectivity index (χ1v) is 6.18. The van der Waals surface area contributed by atoms with Crippen LogP contribution in [0.1, 0.15) is 35.8 Å². The Morgan fingerprint density at radius 2 is 2.06 bits per heavy atom. The van der Waals surface area contributed by atoms with Crippen molar-refractivity contribution in [2.24, 2.45) is 7.05 Å². The molecule has 1 aromatic rings. The van der Waals surface area contributed by atoms with E-state index in [2.05, 4.69) is 10.4 Å². The van der Waals surface area contributed by atoms with Crippen LogP contribution in [0, 0.1) is 19.3 Å². The molecule has 0 aromatic carbocycles. The Balaban J connectivity index is 2.08. The van der Waals surface area contributed by atoms with Gasteiger partial charge in [0.15, 0.2) is 0 Å². The lowest BCUT2D eigenvalue weighted by atomic mass is 10.0. The van der Waals surface area contributed by atoms with Gasteiger partial charge in [-0.05, 0) is 26.7 Å². The number of rotatable bonds is 2. The van der Waals surface area contributed by atoms with Crippen molar-refractivity contribution >= 4 is 11.9 Å². The Bertz CT molecular complexity index is 543. The van der Waals surface area contributed by atoms with Gasteiger partial charge in [0, 0.05) is 24.3 Å². The third-order valence-corrected chi connectivity index (χ3v) is 3.81. The van der Waals surface area contributed by atoms with E-state index in [1.807, 2.05) is 25.6 Å². The van der Waals surface area contributed by atoms with Crippen LogP contribution in [0.5, 0.6) is 0 Å². The number of hydrogen-bond acceptors (Lipinski definition) is 3. The highest BCUT2D eigenvalue weighted by molar-refractivity contribution is 6.06. The van der Waals surface area contributed by atoms with Crippen molar-refractivity contribution in [1.82, 2.24) is 20.0 Å². The minimum atomic E-state index is -0.279. The van der Waals surface area contributed by atoms with Crippen LogP contribution in [0.4, 0.5) is 4.79 Å². The maximum atomic E-state index is 11.9. The van der Waals surface area contributed by atoms with Crippen molar-refractivity contribution < 1.29 is 4.79 Å². The SMILES string of the molecule is Cc1nn(C)c(C)c1C1C(=N)NC(=O)N1C1CC1. The number of urea groups is 1. The normalized spacial score (nSPS) is 23.7. The molecular weight excluding hydrogens is 230 g/mol. The van der Waals surface area contributed by atoms with E-state index in [0.717, 1.165) is 29.8 Å². The molecule has 0 spiro atoms. The highest BCUT2D eigenvalue weighted by Gasteiger charge is 2.46. The fourth-order valence-electron chi connectivity index (χ4n) is 2.70. The zero-order valence-corrected chi connectivity index (χ0v) is 10.8. The molecule has 3 rings (SSSR count). The number of carbonyl (C=O) groups excluding carboxylic acids is 1. The molecular formula is C12H17N5O. The molecule has 1 unspecified atom stereocenters. The summed E-state index contributed by atoms with van der Waals surface area (Å²) in [5.74, 6) is 0.270. The van der Waals surface area contributed by atoms with E-state index in [9.17, 15) is 4.79 Å². The van der Waals surface area contributed by atoms with E-state index < -0.39 is 0 Å². The Morgan fingerprint density at radius 1 is 1.39 bits per heavy atom. The molecule has 6 heteroatoms. The van der Waals surface area contributed by atoms with Gasteiger partial charge in [-0.15, -0.1) is 0 Å². The standard InChI is InChI=1S/C12H17N5O/c1-6-9(7(2)16(3)15-6)10-11(13)14-12(18)17(10)8-4-5-8/h8,10H,4-5H2,1-3H3,(H2,13,14,18). The highest BCUT2D eigenvalue weighted by atomic mass is 16.2. The topological polar surface area (TPSA) is 74.0 Å². The zero-order chi connectivity index (χ0) is 13.0. The fraction of sp³-hybridized carbons (Fsp3) is 0.583. The highest BCUT2D eigenvalue weighted by Crippen LogP contribution is 2.39. The molecule has 2 amide bonds. The summed E-state index contributed by atoms with van der Waals surface area (Å²) >= 11 is 0. The lowest BCUT2D eigenvalue weighted by Gasteiger charge is -2.22. The van der Waals surface area contributed by atoms with E-state index in [1.165, 1.54) is 0 Å². The lowest BCUT2D eigenvalue weighted by Crippen LogP contribution is -2.32. The molecule has 0 bridgehead atoms. The van der Waals surface area contributed by atoms with Crippen molar-refractivity contribution in [3.05, 3.63) is 17.0 Å². The third kappa shape index (κ3) is 1.45. The summed E-state index contributed by atoms with van der Waals surface area (Å²) in [5, 5.41) is 15.0. The number of amides is 2. The van der Waals surface area contributed by atoms with Gasteiger partial charge < -0.3 is 4.90 Å². The Morgan fingerprint density at radius 3 is 2.56 bits per heavy atom. The van der Waals surface area contributed by atoms with Gasteiger partial charge in [-0.1, -0.05) is 0 Å². The summed E-state index contributed by atoms with van der Waals surface area (Å²) in [6, 6.07) is -0.134. The summed E-state index contributed by atoms with van der Waals surface area (Å²) in [6.07, 6.45) is 2.07. The summed E-state index contributed by atoms with van der Waals surface area (Å²) in [6.45, 7) is 3.92. The Hall–Kier alpha value is -1.85. The predicted octanol–water partition coefficient (Wildman–Crippen LogP) is 1.24. The Labute approximate surface area is 105 Å². The van der Waals surface area contributed by atoms with E-state index in [1.54, 1.807) is 4.90 Å². The average Bonchev–Trinajstić information content (AvgIpc) is 3.02. The molecule has 96 valence electrons. The van der Waals surface area contributed by atoms with Gasteiger partial charge in [0.25, 0.3) is 0 Å². The maximum Gasteiger partial charge on any atom is 0.323 e. The van der Waals surface area contributed by atoms with Gasteiger partial charge >= 0.3 is 6.03 Å². The van der Waals surface area contributed by atoms with Gasteiger partial charge in [-0.25, -0.2) is 4.79 Å². The lowest BCUT2D eigenvalue weighted by molar-refractivity contribution is 0.202. The average molecular weight is 247 g/mol. The van der Waals surface area contributed by atoms with Gasteiger partial charge in [-0.3, -0.25) is 15.4 Å². The molecule has 1 saturated carbocycles. The molecule has 2 fully saturated rings. The second-order valence-corrected chi connectivity index (χ2v) is 5.09. The van der Waals surface area contributed by atoms with Crippen molar-refractivity contribution in [3.8, 4) is 0 Å². The smallest absolute Gasteiger partial charge is 0.307 e. The van der Waals surface area contributed by atoms with Gasteiger partial charge in [0.05, 0.1) is 5.69 Å². The first-order chi connectivity index (χ1) is 8.50. The van der Waals surface area contributed by atoms with E-state index in [-0.39, 0.29) is 24.0 Å². The number of amidine groups is 1. The molecule has 2 aliphatic rings. The molecule has 1 aliphatic heterocycles. The predicted molar refractivity (Wildman–Crippen MR) is 66.5 cm³/mol. The zero-order valence-electron chi connectivity index (χ0n) is 10.8. The molecule has 0 radical (unpaired) electrons. The van der Waals surface area contributed by atoms with Gasteiger partial charge in [0.1, 0.15) is 11.9 Å². The van der Waals surface area contributed by atoms with Crippen molar-refractivity contribution in [2.45, 2.75) is 38.8 Å². The van der Waals surface area contributed by atoms with E-state index in [4.69, 9.17) is 5.41 Å². The molecule has 1 aromatic heterocycles. The first kappa shape index (κ1) is 11.3.